The maximum atomic E-state index is 3.75. The minimum Gasteiger partial charge on any atom is -0.391 e. The third-order valence-electron chi connectivity index (χ3n) is 0.514. The summed E-state index contributed by atoms with van der Waals surface area (Å²) in [7, 11) is 0. The fourth-order valence-electron chi connectivity index (χ4n) is 0.277. The third-order valence-corrected chi connectivity index (χ3v) is 0.514. The number of aromatic nitrogens is 1. The van der Waals surface area contributed by atoms with E-state index < -0.39 is 0 Å². The van der Waals surface area contributed by atoms with Crippen LogP contribution in [0.5, 0.6) is 0 Å². The summed E-state index contributed by atoms with van der Waals surface area (Å²) in [5.74, 6) is 0. The van der Waals surface area contributed by atoms with Gasteiger partial charge in [0.05, 0.1) is 0 Å². The van der Waals surface area contributed by atoms with Gasteiger partial charge in [0.2, 0.25) is 0 Å². The molecule has 0 bridgehead atoms. The summed E-state index contributed by atoms with van der Waals surface area (Å²) in [5, 5.41) is 0. The normalized spacial score (nSPS) is 6.86. The number of nitrogens with zero attached hydrogens (tertiary/aromatic N) is 1. The van der Waals surface area contributed by atoms with Crippen molar-refractivity contribution in [2.24, 2.45) is 0 Å². The van der Waals surface area contributed by atoms with Gasteiger partial charge in [0.1, 0.15) is 0 Å². The van der Waals surface area contributed by atoms with E-state index in [1.807, 2.05) is 0 Å². The van der Waals surface area contributed by atoms with Gasteiger partial charge in [0.15, 0.2) is 0 Å². The topological polar surface area (TPSA) is 12.9 Å². The van der Waals surface area contributed by atoms with E-state index in [-0.39, 0.29) is 29.6 Å². The molecule has 0 spiro atoms. The number of hydrogen-bond donors (Lipinski definition) is 0. The molecule has 0 aliphatic rings. The van der Waals surface area contributed by atoms with E-state index in [1.54, 1.807) is 24.5 Å². The second-order valence-corrected chi connectivity index (χ2v) is 0.947. The van der Waals surface area contributed by atoms with Crippen molar-refractivity contribution in [3.8, 4) is 0 Å². The van der Waals surface area contributed by atoms with Crippen LogP contribution < -0.4 is 29.6 Å². The average molecular weight is 101 g/mol. The second kappa shape index (κ2) is 4.31. The molecule has 0 aliphatic carbocycles. The van der Waals surface area contributed by atoms with Gasteiger partial charge in [-0.15, -0.1) is 0 Å². The Hall–Kier alpha value is 0.150. The van der Waals surface area contributed by atoms with Gasteiger partial charge in [0.25, 0.3) is 0 Å². The van der Waals surface area contributed by atoms with Crippen LogP contribution in [0.2, 0.25) is 0 Å². The van der Waals surface area contributed by atoms with E-state index in [9.17, 15) is 0 Å². The summed E-state index contributed by atoms with van der Waals surface area (Å²) in [5.41, 5.74) is 0. The maximum Gasteiger partial charge on any atom is 1.00 e. The van der Waals surface area contributed by atoms with E-state index in [1.165, 1.54) is 0 Å². The molecular formula is C5H4NNa. The first-order valence-corrected chi connectivity index (χ1v) is 1.76. The van der Waals surface area contributed by atoms with Crippen molar-refractivity contribution in [3.05, 3.63) is 30.6 Å². The van der Waals surface area contributed by atoms with Crippen LogP contribution in [0, 0.1) is 6.07 Å². The quantitative estimate of drug-likeness (QED) is 0.269. The summed E-state index contributed by atoms with van der Waals surface area (Å²) in [6.07, 6.45) is 3.39. The van der Waals surface area contributed by atoms with Gasteiger partial charge in [-0.3, -0.25) is 0 Å². The standard InChI is InChI=1S/C5H4N.Na/c1-2-4-6-5-3-1;/h2-5H;/q-1;+1. The minimum atomic E-state index is 0. The molecule has 0 aromatic carbocycles. The number of hydrogen-bond acceptors (Lipinski definition) is 1. The van der Waals surface area contributed by atoms with Crippen molar-refractivity contribution in [2.45, 2.75) is 0 Å². The molecular weight excluding hydrogens is 97.1 g/mol. The fraction of sp³-hybridized carbons (Fsp3) is 0. The average Bonchev–Trinajstić information content (AvgIpc) is 1.72. The minimum absolute atomic E-state index is 0. The Kier molecular flexibility index (Phi) is 4.41. The van der Waals surface area contributed by atoms with Crippen LogP contribution in [0.1, 0.15) is 0 Å². The Morgan fingerprint density at radius 2 is 1.71 bits per heavy atom. The molecule has 7 heavy (non-hydrogen) atoms. The Bertz CT molecular complexity index is 80.0. The van der Waals surface area contributed by atoms with Crippen molar-refractivity contribution in [1.82, 2.24) is 4.98 Å². The molecule has 1 aromatic rings. The first-order valence-electron chi connectivity index (χ1n) is 1.76. The largest absolute Gasteiger partial charge is 1.00 e. The zero-order chi connectivity index (χ0) is 4.24. The van der Waals surface area contributed by atoms with E-state index in [2.05, 4.69) is 11.1 Å². The molecule has 1 aromatic heterocycles. The molecule has 0 aliphatic heterocycles. The van der Waals surface area contributed by atoms with E-state index in [0.29, 0.717) is 0 Å². The summed E-state index contributed by atoms with van der Waals surface area (Å²) < 4.78 is 0. The van der Waals surface area contributed by atoms with Crippen LogP contribution in [-0.4, -0.2) is 4.98 Å². The second-order valence-electron chi connectivity index (χ2n) is 0.947. The van der Waals surface area contributed by atoms with Crippen molar-refractivity contribution in [3.63, 3.8) is 0 Å². The number of pyridine rings is 1. The van der Waals surface area contributed by atoms with Gasteiger partial charge >= 0.3 is 29.6 Å². The zero-order valence-corrected chi connectivity index (χ0v) is 6.26. The molecule has 2 heteroatoms. The van der Waals surface area contributed by atoms with Gasteiger partial charge in [-0.1, -0.05) is 12.4 Å². The van der Waals surface area contributed by atoms with Gasteiger partial charge in [0, 0.05) is 0 Å². The van der Waals surface area contributed by atoms with Gasteiger partial charge < -0.3 is 4.98 Å². The predicted octanol–water partition coefficient (Wildman–Crippen LogP) is -2.11. The SMILES string of the molecule is [Na+].[c-]1ccncc1. The monoisotopic (exact) mass is 101 g/mol. The van der Waals surface area contributed by atoms with Crippen LogP contribution in [0.15, 0.2) is 24.5 Å². The Balaban J connectivity index is 0.000000360. The van der Waals surface area contributed by atoms with Crippen LogP contribution in [0.3, 0.4) is 0 Å². The van der Waals surface area contributed by atoms with E-state index >= 15 is 0 Å². The first kappa shape index (κ1) is 7.15. The van der Waals surface area contributed by atoms with Crippen molar-refractivity contribution in [2.75, 3.05) is 0 Å². The molecule has 0 N–H and O–H groups in total. The molecule has 1 nitrogen and oxygen atoms in total. The molecule has 0 saturated carbocycles. The fourth-order valence-corrected chi connectivity index (χ4v) is 0.277. The summed E-state index contributed by atoms with van der Waals surface area (Å²) in [6, 6.07) is 6.36. The van der Waals surface area contributed by atoms with Gasteiger partial charge in [-0.05, 0) is 0 Å². The molecule has 1 heterocycles. The molecule has 0 unspecified atom stereocenters. The summed E-state index contributed by atoms with van der Waals surface area (Å²) in [4.78, 5) is 3.75. The smallest absolute Gasteiger partial charge is 0.391 e. The first-order chi connectivity index (χ1) is 3.00. The molecule has 0 saturated heterocycles. The predicted molar refractivity (Wildman–Crippen MR) is 23.1 cm³/mol. The Labute approximate surface area is 65.1 Å². The third kappa shape index (κ3) is 2.80. The molecule has 0 amide bonds. The Morgan fingerprint density at radius 3 is 1.86 bits per heavy atom. The molecule has 1 rings (SSSR count). The van der Waals surface area contributed by atoms with E-state index in [4.69, 9.17) is 0 Å². The maximum absolute atomic E-state index is 3.75. The summed E-state index contributed by atoms with van der Waals surface area (Å²) in [6.45, 7) is 0. The van der Waals surface area contributed by atoms with Crippen molar-refractivity contribution >= 4 is 0 Å². The Morgan fingerprint density at radius 1 is 1.14 bits per heavy atom. The number of rotatable bonds is 0. The summed E-state index contributed by atoms with van der Waals surface area (Å²) >= 11 is 0. The van der Waals surface area contributed by atoms with Crippen LogP contribution in [0.4, 0.5) is 0 Å². The van der Waals surface area contributed by atoms with Gasteiger partial charge in [-0.2, -0.15) is 18.2 Å². The van der Waals surface area contributed by atoms with Crippen LogP contribution in [-0.2, 0) is 0 Å². The molecule has 0 fully saturated rings. The molecule has 30 valence electrons. The molecule has 0 atom stereocenters. The van der Waals surface area contributed by atoms with E-state index in [0.717, 1.165) is 0 Å². The molecule has 0 radical (unpaired) electrons. The van der Waals surface area contributed by atoms with Crippen molar-refractivity contribution in [1.29, 1.82) is 0 Å². The van der Waals surface area contributed by atoms with Gasteiger partial charge in [-0.25, -0.2) is 0 Å². The van der Waals surface area contributed by atoms with Crippen LogP contribution >= 0.6 is 0 Å². The van der Waals surface area contributed by atoms with Crippen LogP contribution in [0.25, 0.3) is 0 Å². The zero-order valence-electron chi connectivity index (χ0n) is 4.26. The van der Waals surface area contributed by atoms with Crippen molar-refractivity contribution < 1.29 is 29.6 Å².